The number of hydrogen-bond donors (Lipinski definition) is 0. The van der Waals surface area contributed by atoms with Gasteiger partial charge in [0.25, 0.3) is 5.91 Å². The Morgan fingerprint density at radius 1 is 1.07 bits per heavy atom. The molecule has 0 saturated carbocycles. The largest absolute Gasteiger partial charge is 0.497 e. The lowest BCUT2D eigenvalue weighted by molar-refractivity contribution is 0.0628. The predicted molar refractivity (Wildman–Crippen MR) is 110 cm³/mol. The van der Waals surface area contributed by atoms with Gasteiger partial charge in [-0.05, 0) is 35.7 Å². The van der Waals surface area contributed by atoms with Gasteiger partial charge in [-0.25, -0.2) is 9.97 Å². The van der Waals surface area contributed by atoms with Crippen molar-refractivity contribution in [1.82, 2.24) is 19.8 Å². The summed E-state index contributed by atoms with van der Waals surface area (Å²) in [5.41, 5.74) is 1.79. The summed E-state index contributed by atoms with van der Waals surface area (Å²) in [6, 6.07) is 11.3. The number of hydrogen-bond acceptors (Lipinski definition) is 6. The fourth-order valence-electron chi connectivity index (χ4n) is 3.25. The van der Waals surface area contributed by atoms with Gasteiger partial charge in [-0.1, -0.05) is 6.07 Å². The highest BCUT2D eigenvalue weighted by Gasteiger charge is 2.22. The molecule has 0 radical (unpaired) electrons. The third-order valence-corrected chi connectivity index (χ3v) is 5.72. The first-order valence-corrected chi connectivity index (χ1v) is 10.1. The molecule has 0 unspecified atom stereocenters. The Labute approximate surface area is 168 Å². The molecule has 28 heavy (non-hydrogen) atoms. The van der Waals surface area contributed by atoms with Crippen LogP contribution in [0, 0.1) is 0 Å². The molecule has 144 valence electrons. The number of aromatic nitrogens is 2. The number of benzene rings is 1. The Balaban J connectivity index is 1.30. The number of nitrogens with zero attached hydrogens (tertiary/aromatic N) is 4. The Bertz CT molecular complexity index is 903. The average Bonchev–Trinajstić information content (AvgIpc) is 3.29. The van der Waals surface area contributed by atoms with Crippen molar-refractivity contribution < 1.29 is 9.53 Å². The minimum absolute atomic E-state index is 0.0749. The molecule has 1 aliphatic rings. The van der Waals surface area contributed by atoms with Crippen molar-refractivity contribution >= 4 is 17.2 Å². The molecule has 3 aromatic rings. The standard InChI is InChI=1S/C21H22N4O2S/c1-27-18-6-4-17(5-7-18)21(26)25-10-8-24(9-11-25)15-16-13-22-20(23-14-16)19-3-2-12-28-19/h2-7,12-14H,8-11,15H2,1H3. The first kappa shape index (κ1) is 18.6. The smallest absolute Gasteiger partial charge is 0.253 e. The quantitative estimate of drug-likeness (QED) is 0.665. The van der Waals surface area contributed by atoms with Crippen LogP contribution < -0.4 is 4.74 Å². The SMILES string of the molecule is COc1ccc(C(=O)N2CCN(Cc3cnc(-c4cccs4)nc3)CC2)cc1. The number of carbonyl (C=O) groups is 1. The molecular weight excluding hydrogens is 372 g/mol. The molecule has 0 aliphatic carbocycles. The Morgan fingerprint density at radius 3 is 2.39 bits per heavy atom. The van der Waals surface area contributed by atoms with Crippen LogP contribution in [0.3, 0.4) is 0 Å². The van der Waals surface area contributed by atoms with Crippen LogP contribution in [-0.4, -0.2) is 59.0 Å². The molecule has 1 aliphatic heterocycles. The molecule has 4 rings (SSSR count). The van der Waals surface area contributed by atoms with E-state index in [1.54, 1.807) is 18.4 Å². The summed E-state index contributed by atoms with van der Waals surface area (Å²) in [5.74, 6) is 1.60. The molecule has 3 heterocycles. The normalized spacial score (nSPS) is 14.8. The zero-order valence-corrected chi connectivity index (χ0v) is 16.6. The summed E-state index contributed by atoms with van der Waals surface area (Å²) in [6.45, 7) is 3.93. The molecule has 1 aromatic carbocycles. The average molecular weight is 395 g/mol. The van der Waals surface area contributed by atoms with Gasteiger partial charge in [0.15, 0.2) is 5.82 Å². The van der Waals surface area contributed by atoms with Crippen molar-refractivity contribution in [3.8, 4) is 16.5 Å². The van der Waals surface area contributed by atoms with Gasteiger partial charge in [-0.15, -0.1) is 11.3 Å². The monoisotopic (exact) mass is 394 g/mol. The fraction of sp³-hybridized carbons (Fsp3) is 0.286. The molecule has 2 aromatic heterocycles. The van der Waals surface area contributed by atoms with Crippen LogP contribution >= 0.6 is 11.3 Å². The maximum atomic E-state index is 12.7. The highest BCUT2D eigenvalue weighted by atomic mass is 32.1. The highest BCUT2D eigenvalue weighted by Crippen LogP contribution is 2.20. The van der Waals surface area contributed by atoms with Crippen molar-refractivity contribution in [3.05, 3.63) is 65.3 Å². The first-order chi connectivity index (χ1) is 13.7. The second kappa shape index (κ2) is 8.50. The lowest BCUT2D eigenvalue weighted by Gasteiger charge is -2.34. The lowest BCUT2D eigenvalue weighted by atomic mass is 10.1. The molecule has 0 bridgehead atoms. The van der Waals surface area contributed by atoms with Gasteiger partial charge in [0.1, 0.15) is 5.75 Å². The van der Waals surface area contributed by atoms with Crippen LogP contribution in [-0.2, 0) is 6.54 Å². The Morgan fingerprint density at radius 2 is 1.79 bits per heavy atom. The van der Waals surface area contributed by atoms with Crippen molar-refractivity contribution in [2.24, 2.45) is 0 Å². The van der Waals surface area contributed by atoms with E-state index in [-0.39, 0.29) is 5.91 Å². The molecule has 1 fully saturated rings. The molecular formula is C21H22N4O2S. The van der Waals surface area contributed by atoms with E-state index in [0.717, 1.165) is 54.7 Å². The lowest BCUT2D eigenvalue weighted by Crippen LogP contribution is -2.48. The van der Waals surface area contributed by atoms with Crippen LogP contribution in [0.1, 0.15) is 15.9 Å². The molecule has 0 N–H and O–H groups in total. The van der Waals surface area contributed by atoms with Crippen LogP contribution in [0.15, 0.2) is 54.2 Å². The summed E-state index contributed by atoms with van der Waals surface area (Å²) in [6.07, 6.45) is 3.80. The second-order valence-electron chi connectivity index (χ2n) is 6.69. The molecule has 0 spiro atoms. The zero-order chi connectivity index (χ0) is 19.3. The number of thiophene rings is 1. The summed E-state index contributed by atoms with van der Waals surface area (Å²) in [4.78, 5) is 27.0. The Kier molecular flexibility index (Phi) is 5.64. The van der Waals surface area contributed by atoms with E-state index >= 15 is 0 Å². The molecule has 1 amide bonds. The topological polar surface area (TPSA) is 58.6 Å². The van der Waals surface area contributed by atoms with Gasteiger partial charge in [-0.2, -0.15) is 0 Å². The van der Waals surface area contributed by atoms with E-state index in [4.69, 9.17) is 4.74 Å². The number of piperazine rings is 1. The molecule has 6 nitrogen and oxygen atoms in total. The van der Waals surface area contributed by atoms with Gasteiger partial charge < -0.3 is 9.64 Å². The maximum absolute atomic E-state index is 12.7. The van der Waals surface area contributed by atoms with Crippen molar-refractivity contribution in [2.75, 3.05) is 33.3 Å². The fourth-order valence-corrected chi connectivity index (χ4v) is 3.92. The second-order valence-corrected chi connectivity index (χ2v) is 7.64. The third-order valence-electron chi connectivity index (χ3n) is 4.85. The van der Waals surface area contributed by atoms with Crippen LogP contribution in [0.5, 0.6) is 5.75 Å². The van der Waals surface area contributed by atoms with Crippen LogP contribution in [0.25, 0.3) is 10.7 Å². The van der Waals surface area contributed by atoms with E-state index in [2.05, 4.69) is 14.9 Å². The molecule has 7 heteroatoms. The summed E-state index contributed by atoms with van der Waals surface area (Å²) >= 11 is 1.64. The summed E-state index contributed by atoms with van der Waals surface area (Å²) < 4.78 is 5.15. The number of ether oxygens (including phenoxy) is 1. The van der Waals surface area contributed by atoms with Gasteiger partial charge >= 0.3 is 0 Å². The van der Waals surface area contributed by atoms with Crippen molar-refractivity contribution in [1.29, 1.82) is 0 Å². The minimum atomic E-state index is 0.0749. The zero-order valence-electron chi connectivity index (χ0n) is 15.7. The summed E-state index contributed by atoms with van der Waals surface area (Å²) in [5, 5.41) is 2.03. The van der Waals surface area contributed by atoms with Crippen LogP contribution in [0.2, 0.25) is 0 Å². The van der Waals surface area contributed by atoms with Crippen LogP contribution in [0.4, 0.5) is 0 Å². The minimum Gasteiger partial charge on any atom is -0.497 e. The molecule has 1 saturated heterocycles. The summed E-state index contributed by atoms with van der Waals surface area (Å²) in [7, 11) is 1.62. The van der Waals surface area contributed by atoms with E-state index in [9.17, 15) is 4.79 Å². The highest BCUT2D eigenvalue weighted by molar-refractivity contribution is 7.13. The van der Waals surface area contributed by atoms with Crippen molar-refractivity contribution in [3.63, 3.8) is 0 Å². The van der Waals surface area contributed by atoms with Gasteiger partial charge in [-0.3, -0.25) is 9.69 Å². The van der Waals surface area contributed by atoms with Gasteiger partial charge in [0, 0.05) is 56.2 Å². The number of methoxy groups -OCH3 is 1. The Hall–Kier alpha value is -2.77. The maximum Gasteiger partial charge on any atom is 0.253 e. The predicted octanol–water partition coefficient (Wildman–Crippen LogP) is 3.17. The van der Waals surface area contributed by atoms with Crippen molar-refractivity contribution in [2.45, 2.75) is 6.54 Å². The van der Waals surface area contributed by atoms with E-state index < -0.39 is 0 Å². The van der Waals surface area contributed by atoms with Gasteiger partial charge in [0.05, 0.1) is 12.0 Å². The van der Waals surface area contributed by atoms with Gasteiger partial charge in [0.2, 0.25) is 0 Å². The van der Waals surface area contributed by atoms with E-state index in [1.165, 1.54) is 0 Å². The first-order valence-electron chi connectivity index (χ1n) is 9.23. The number of rotatable bonds is 5. The third kappa shape index (κ3) is 4.21. The number of amides is 1. The molecule has 0 atom stereocenters. The van der Waals surface area contributed by atoms with E-state index in [0.29, 0.717) is 5.56 Å². The number of carbonyl (C=O) groups excluding carboxylic acids is 1. The van der Waals surface area contributed by atoms with E-state index in [1.807, 2.05) is 59.1 Å².